The van der Waals surface area contributed by atoms with Gasteiger partial charge in [0.1, 0.15) is 0 Å². The molecule has 0 aliphatic heterocycles. The molecule has 0 aromatic heterocycles. The first-order chi connectivity index (χ1) is 5.25. The predicted molar refractivity (Wildman–Crippen MR) is 54.9 cm³/mol. The fraction of sp³-hybridized carbons (Fsp3) is 0.333. The van der Waals surface area contributed by atoms with Crippen molar-refractivity contribution in [2.24, 2.45) is 0 Å². The molecule has 11 heavy (non-hydrogen) atoms. The Morgan fingerprint density at radius 1 is 1.27 bits per heavy atom. The summed E-state index contributed by atoms with van der Waals surface area (Å²) in [6, 6.07) is 6.09. The number of aryl methyl sites for hydroxylation is 1. The van der Waals surface area contributed by atoms with E-state index in [2.05, 4.69) is 38.2 Å². The van der Waals surface area contributed by atoms with E-state index < -0.39 is 0 Å². The van der Waals surface area contributed by atoms with Gasteiger partial charge in [-0.2, -0.15) is 0 Å². The number of thiol groups is 2. The molecule has 2 heteroatoms. The van der Waals surface area contributed by atoms with Crippen molar-refractivity contribution in [2.45, 2.75) is 29.6 Å². The van der Waals surface area contributed by atoms with Crippen LogP contribution in [0.3, 0.4) is 0 Å². The molecule has 0 fully saturated rings. The number of benzene rings is 1. The SMILES string of the molecule is CCCc1cccc(S)c1S. The minimum absolute atomic E-state index is 0.972. The fourth-order valence-electron chi connectivity index (χ4n) is 1.05. The molecule has 0 saturated carbocycles. The number of hydrogen-bond acceptors (Lipinski definition) is 2. The minimum atomic E-state index is 0.972. The summed E-state index contributed by atoms with van der Waals surface area (Å²) in [5.41, 5.74) is 1.29. The summed E-state index contributed by atoms with van der Waals surface area (Å²) in [6.45, 7) is 2.17. The maximum Gasteiger partial charge on any atom is 0.0206 e. The van der Waals surface area contributed by atoms with Crippen molar-refractivity contribution in [1.82, 2.24) is 0 Å². The van der Waals surface area contributed by atoms with E-state index in [1.54, 1.807) is 0 Å². The van der Waals surface area contributed by atoms with Gasteiger partial charge in [0.2, 0.25) is 0 Å². The highest BCUT2D eigenvalue weighted by Gasteiger charge is 1.99. The molecule has 0 atom stereocenters. The van der Waals surface area contributed by atoms with Gasteiger partial charge in [-0.1, -0.05) is 25.5 Å². The van der Waals surface area contributed by atoms with Gasteiger partial charge in [0.15, 0.2) is 0 Å². The third kappa shape index (κ3) is 2.17. The van der Waals surface area contributed by atoms with Crippen LogP contribution in [0.4, 0.5) is 0 Å². The van der Waals surface area contributed by atoms with E-state index in [4.69, 9.17) is 0 Å². The summed E-state index contributed by atoms with van der Waals surface area (Å²) in [5, 5.41) is 0. The minimum Gasteiger partial charge on any atom is -0.142 e. The third-order valence-corrected chi connectivity index (χ3v) is 2.69. The van der Waals surface area contributed by atoms with Crippen molar-refractivity contribution in [3.63, 3.8) is 0 Å². The Balaban J connectivity index is 2.96. The summed E-state index contributed by atoms with van der Waals surface area (Å²) in [6.07, 6.45) is 2.25. The van der Waals surface area contributed by atoms with Gasteiger partial charge in [-0.25, -0.2) is 0 Å². The first kappa shape index (κ1) is 9.01. The lowest BCUT2D eigenvalue weighted by Crippen LogP contribution is -1.85. The molecule has 0 heterocycles. The van der Waals surface area contributed by atoms with Crippen molar-refractivity contribution in [3.8, 4) is 0 Å². The maximum absolute atomic E-state index is 4.37. The Labute approximate surface area is 78.8 Å². The van der Waals surface area contributed by atoms with Gasteiger partial charge >= 0.3 is 0 Å². The Kier molecular flexibility index (Phi) is 3.34. The highest BCUT2D eigenvalue weighted by molar-refractivity contribution is 7.83. The quantitative estimate of drug-likeness (QED) is 0.648. The van der Waals surface area contributed by atoms with Crippen molar-refractivity contribution in [3.05, 3.63) is 23.8 Å². The van der Waals surface area contributed by atoms with E-state index in [-0.39, 0.29) is 0 Å². The zero-order chi connectivity index (χ0) is 8.27. The summed E-state index contributed by atoms with van der Waals surface area (Å²) in [5.74, 6) is 0. The molecule has 0 radical (unpaired) electrons. The van der Waals surface area contributed by atoms with E-state index in [0.29, 0.717) is 0 Å². The van der Waals surface area contributed by atoms with Crippen LogP contribution in [0.15, 0.2) is 28.0 Å². The van der Waals surface area contributed by atoms with E-state index in [9.17, 15) is 0 Å². The molecule has 0 saturated heterocycles. The van der Waals surface area contributed by atoms with E-state index >= 15 is 0 Å². The molecule has 0 bridgehead atoms. The monoisotopic (exact) mass is 184 g/mol. The van der Waals surface area contributed by atoms with Crippen LogP contribution in [-0.4, -0.2) is 0 Å². The van der Waals surface area contributed by atoms with Gasteiger partial charge in [0.25, 0.3) is 0 Å². The van der Waals surface area contributed by atoms with Crippen LogP contribution in [0, 0.1) is 0 Å². The Morgan fingerprint density at radius 3 is 2.64 bits per heavy atom. The van der Waals surface area contributed by atoms with Crippen LogP contribution >= 0.6 is 25.3 Å². The first-order valence-corrected chi connectivity index (χ1v) is 4.65. The Hall–Kier alpha value is -0.0800. The predicted octanol–water partition coefficient (Wildman–Crippen LogP) is 3.22. The van der Waals surface area contributed by atoms with E-state index in [1.807, 2.05) is 12.1 Å². The lowest BCUT2D eigenvalue weighted by molar-refractivity contribution is 0.890. The molecule has 0 N–H and O–H groups in total. The van der Waals surface area contributed by atoms with Gasteiger partial charge in [0, 0.05) is 9.79 Å². The zero-order valence-electron chi connectivity index (χ0n) is 6.54. The second-order valence-electron chi connectivity index (χ2n) is 2.53. The van der Waals surface area contributed by atoms with E-state index in [0.717, 1.165) is 22.6 Å². The van der Waals surface area contributed by atoms with Crippen LogP contribution in [0.2, 0.25) is 0 Å². The average Bonchev–Trinajstić information content (AvgIpc) is 1.99. The number of rotatable bonds is 2. The fourth-order valence-corrected chi connectivity index (χ4v) is 1.54. The van der Waals surface area contributed by atoms with Gasteiger partial charge < -0.3 is 0 Å². The van der Waals surface area contributed by atoms with Crippen LogP contribution in [0.5, 0.6) is 0 Å². The van der Waals surface area contributed by atoms with Crippen LogP contribution in [0.25, 0.3) is 0 Å². The smallest absolute Gasteiger partial charge is 0.0206 e. The molecule has 0 aliphatic rings. The van der Waals surface area contributed by atoms with E-state index in [1.165, 1.54) is 5.56 Å². The highest BCUT2D eigenvalue weighted by Crippen LogP contribution is 2.22. The standard InChI is InChI=1S/C9H12S2/c1-2-4-7-5-3-6-8(10)9(7)11/h3,5-6,10-11H,2,4H2,1H3. The molecule has 0 amide bonds. The molecule has 1 aromatic rings. The largest absolute Gasteiger partial charge is 0.142 e. The summed E-state index contributed by atoms with van der Waals surface area (Å²) >= 11 is 8.65. The van der Waals surface area contributed by atoms with Crippen molar-refractivity contribution in [2.75, 3.05) is 0 Å². The molecule has 1 aromatic carbocycles. The van der Waals surface area contributed by atoms with Crippen LogP contribution in [-0.2, 0) is 6.42 Å². The first-order valence-electron chi connectivity index (χ1n) is 3.75. The molecule has 0 aliphatic carbocycles. The maximum atomic E-state index is 4.37. The topological polar surface area (TPSA) is 0 Å². The third-order valence-electron chi connectivity index (χ3n) is 1.62. The van der Waals surface area contributed by atoms with Crippen LogP contribution in [0.1, 0.15) is 18.9 Å². The van der Waals surface area contributed by atoms with Gasteiger partial charge in [0.05, 0.1) is 0 Å². The zero-order valence-corrected chi connectivity index (χ0v) is 8.33. The average molecular weight is 184 g/mol. The normalized spacial score (nSPS) is 10.1. The molecular weight excluding hydrogens is 172 g/mol. The Morgan fingerprint density at radius 2 is 2.00 bits per heavy atom. The summed E-state index contributed by atoms with van der Waals surface area (Å²) in [4.78, 5) is 2.00. The lowest BCUT2D eigenvalue weighted by atomic mass is 10.1. The molecule has 0 nitrogen and oxygen atoms in total. The Bertz CT molecular complexity index is 243. The lowest BCUT2D eigenvalue weighted by Gasteiger charge is -2.04. The van der Waals surface area contributed by atoms with Crippen molar-refractivity contribution >= 4 is 25.3 Å². The molecular formula is C9H12S2. The van der Waals surface area contributed by atoms with Gasteiger partial charge in [-0.05, 0) is 18.1 Å². The number of hydrogen-bond donors (Lipinski definition) is 2. The summed E-state index contributed by atoms with van der Waals surface area (Å²) < 4.78 is 0. The molecule has 0 unspecified atom stereocenters. The van der Waals surface area contributed by atoms with Gasteiger partial charge in [-0.3, -0.25) is 0 Å². The second kappa shape index (κ2) is 4.07. The molecule has 1 rings (SSSR count). The second-order valence-corrected chi connectivity index (χ2v) is 3.46. The van der Waals surface area contributed by atoms with Crippen molar-refractivity contribution < 1.29 is 0 Å². The van der Waals surface area contributed by atoms with Gasteiger partial charge in [-0.15, -0.1) is 25.3 Å². The highest BCUT2D eigenvalue weighted by atomic mass is 32.1. The molecule has 0 spiro atoms. The van der Waals surface area contributed by atoms with Crippen LogP contribution < -0.4 is 0 Å². The van der Waals surface area contributed by atoms with Crippen molar-refractivity contribution in [1.29, 1.82) is 0 Å². The summed E-state index contributed by atoms with van der Waals surface area (Å²) in [7, 11) is 0. The molecule has 60 valence electrons.